The van der Waals surface area contributed by atoms with Crippen LogP contribution in [0, 0.1) is 11.3 Å². The molecule has 1 aromatic heterocycles. The predicted molar refractivity (Wildman–Crippen MR) is 129 cm³/mol. The van der Waals surface area contributed by atoms with Crippen LogP contribution in [0.2, 0.25) is 0 Å². The largest absolute Gasteiger partial charge is 0.490 e. The number of carbonyl (C=O) groups is 1. The highest BCUT2D eigenvalue weighted by Gasteiger charge is 2.30. The maximum absolute atomic E-state index is 12.7. The monoisotopic (exact) mass is 472 g/mol. The fourth-order valence-corrected chi connectivity index (χ4v) is 4.78. The third-order valence-corrected chi connectivity index (χ3v) is 6.46. The molecule has 1 saturated heterocycles. The van der Waals surface area contributed by atoms with E-state index in [0.717, 1.165) is 36.0 Å². The van der Waals surface area contributed by atoms with E-state index in [1.54, 1.807) is 23.1 Å². The number of amides is 2. The predicted octanol–water partition coefficient (Wildman–Crippen LogP) is 3.79. The lowest BCUT2D eigenvalue weighted by Crippen LogP contribution is -2.41. The molecule has 9 nitrogen and oxygen atoms in total. The lowest BCUT2D eigenvalue weighted by molar-refractivity contribution is 0.204. The molecule has 0 spiro atoms. The number of fused-ring (bicyclic) bond motifs is 1. The summed E-state index contributed by atoms with van der Waals surface area (Å²) in [6.07, 6.45) is 2.41. The first-order valence-corrected chi connectivity index (χ1v) is 11.9. The number of hydrogen-bond acceptors (Lipinski definition) is 7. The van der Waals surface area contributed by atoms with Crippen LogP contribution in [-0.4, -0.2) is 46.3 Å². The van der Waals surface area contributed by atoms with Gasteiger partial charge in [-0.25, -0.2) is 4.79 Å². The number of benzene rings is 2. The quantitative estimate of drug-likeness (QED) is 0.578. The summed E-state index contributed by atoms with van der Waals surface area (Å²) in [5.41, 5.74) is 10.1. The molecular weight excluding hydrogens is 444 g/mol. The maximum Gasteiger partial charge on any atom is 0.317 e. The van der Waals surface area contributed by atoms with Crippen LogP contribution in [0.3, 0.4) is 0 Å². The molecule has 0 saturated carbocycles. The van der Waals surface area contributed by atoms with Crippen molar-refractivity contribution in [1.29, 1.82) is 5.26 Å². The van der Waals surface area contributed by atoms with Crippen LogP contribution in [0.15, 0.2) is 40.9 Å². The van der Waals surface area contributed by atoms with Gasteiger partial charge in [-0.1, -0.05) is 23.4 Å². The van der Waals surface area contributed by atoms with Crippen molar-refractivity contribution < 1.29 is 14.1 Å². The smallest absolute Gasteiger partial charge is 0.317 e. The van der Waals surface area contributed by atoms with E-state index in [1.807, 2.05) is 32.0 Å². The summed E-state index contributed by atoms with van der Waals surface area (Å²) in [7, 11) is 0. The SMILES string of the molecule is CC(C)Oc1ccc(-c2nc(-c3cccc4c3CC[C@@H]4NC(=O)N3CC[C@@H](N)C3)no2)cc1C#N. The molecular formula is C26H28N6O3. The molecule has 1 aliphatic heterocycles. The summed E-state index contributed by atoms with van der Waals surface area (Å²) >= 11 is 0. The fraction of sp³-hybridized carbons (Fsp3) is 0.385. The van der Waals surface area contributed by atoms with E-state index >= 15 is 0 Å². The molecule has 2 amide bonds. The van der Waals surface area contributed by atoms with Crippen molar-refractivity contribution in [2.45, 2.75) is 51.3 Å². The van der Waals surface area contributed by atoms with Gasteiger partial charge in [-0.3, -0.25) is 0 Å². The van der Waals surface area contributed by atoms with Gasteiger partial charge in [0.2, 0.25) is 5.82 Å². The van der Waals surface area contributed by atoms with Crippen LogP contribution in [0.5, 0.6) is 5.75 Å². The van der Waals surface area contributed by atoms with Crippen LogP contribution in [0.25, 0.3) is 22.8 Å². The molecule has 0 bridgehead atoms. The Morgan fingerprint density at radius 3 is 2.91 bits per heavy atom. The van der Waals surface area contributed by atoms with Crippen LogP contribution >= 0.6 is 0 Å². The van der Waals surface area contributed by atoms with Crippen molar-refractivity contribution in [2.24, 2.45) is 5.73 Å². The van der Waals surface area contributed by atoms with Crippen molar-refractivity contribution in [3.05, 3.63) is 53.1 Å². The number of urea groups is 1. The minimum atomic E-state index is -0.0683. The molecule has 1 aliphatic carbocycles. The van der Waals surface area contributed by atoms with Crippen LogP contribution in [-0.2, 0) is 6.42 Å². The van der Waals surface area contributed by atoms with E-state index in [0.29, 0.717) is 41.7 Å². The maximum atomic E-state index is 12.7. The van der Waals surface area contributed by atoms with Gasteiger partial charge in [-0.05, 0) is 62.4 Å². The number of likely N-dealkylation sites (tertiary alicyclic amines) is 1. The Morgan fingerprint density at radius 2 is 2.17 bits per heavy atom. The summed E-state index contributed by atoms with van der Waals surface area (Å²) in [5.74, 6) is 1.34. The second-order valence-corrected chi connectivity index (χ2v) is 9.32. The number of aromatic nitrogens is 2. The first-order valence-electron chi connectivity index (χ1n) is 11.9. The molecule has 2 aromatic carbocycles. The van der Waals surface area contributed by atoms with Gasteiger partial charge in [-0.2, -0.15) is 10.2 Å². The zero-order valence-corrected chi connectivity index (χ0v) is 19.8. The fourth-order valence-electron chi connectivity index (χ4n) is 4.78. The second-order valence-electron chi connectivity index (χ2n) is 9.32. The minimum Gasteiger partial charge on any atom is -0.490 e. The Kier molecular flexibility index (Phi) is 6.14. The van der Waals surface area contributed by atoms with E-state index in [9.17, 15) is 10.1 Å². The number of rotatable bonds is 5. The van der Waals surface area contributed by atoms with E-state index in [1.165, 1.54) is 0 Å². The molecule has 2 heterocycles. The van der Waals surface area contributed by atoms with Gasteiger partial charge < -0.3 is 25.2 Å². The number of nitrogens with zero attached hydrogens (tertiary/aromatic N) is 4. The zero-order chi connectivity index (χ0) is 24.5. The number of nitriles is 1. The van der Waals surface area contributed by atoms with Gasteiger partial charge in [-0.15, -0.1) is 0 Å². The topological polar surface area (TPSA) is 130 Å². The molecule has 35 heavy (non-hydrogen) atoms. The number of carbonyl (C=O) groups excluding carboxylic acids is 1. The minimum absolute atomic E-state index is 0.0373. The summed E-state index contributed by atoms with van der Waals surface area (Å²) in [6, 6.07) is 13.3. The average Bonchev–Trinajstić information content (AvgIpc) is 3.59. The van der Waals surface area contributed by atoms with Crippen molar-refractivity contribution in [3.8, 4) is 34.7 Å². The van der Waals surface area contributed by atoms with Gasteiger partial charge in [0.1, 0.15) is 11.8 Å². The Morgan fingerprint density at radius 1 is 1.31 bits per heavy atom. The molecule has 9 heteroatoms. The average molecular weight is 473 g/mol. The van der Waals surface area contributed by atoms with Crippen molar-refractivity contribution >= 4 is 6.03 Å². The highest BCUT2D eigenvalue weighted by molar-refractivity contribution is 5.76. The standard InChI is InChI=1S/C26H28N6O3/c1-15(2)34-23-9-6-16(12-17(23)13-27)25-30-24(31-35-25)21-5-3-4-20-19(21)7-8-22(20)29-26(33)32-11-10-18(28)14-32/h3-6,9,12,15,18,22H,7-8,10-11,14,28H2,1-2H3,(H,29,33)/t18-,22+/m1/s1. The van der Waals surface area contributed by atoms with Gasteiger partial charge in [0.15, 0.2) is 0 Å². The molecule has 0 unspecified atom stereocenters. The number of nitrogens with one attached hydrogen (secondary N) is 1. The molecule has 3 aromatic rings. The highest BCUT2D eigenvalue weighted by Crippen LogP contribution is 2.38. The van der Waals surface area contributed by atoms with Crippen LogP contribution < -0.4 is 15.8 Å². The Balaban J connectivity index is 1.37. The molecule has 2 atom stereocenters. The van der Waals surface area contributed by atoms with E-state index < -0.39 is 0 Å². The normalized spacial score (nSPS) is 19.0. The van der Waals surface area contributed by atoms with Crippen molar-refractivity contribution in [1.82, 2.24) is 20.4 Å². The molecule has 180 valence electrons. The lowest BCUT2D eigenvalue weighted by atomic mass is 10.0. The first-order chi connectivity index (χ1) is 16.9. The summed E-state index contributed by atoms with van der Waals surface area (Å²) < 4.78 is 11.3. The number of ether oxygens (including phenoxy) is 1. The molecule has 0 radical (unpaired) electrons. The van der Waals surface area contributed by atoms with Gasteiger partial charge in [0.25, 0.3) is 5.89 Å². The van der Waals surface area contributed by atoms with Crippen LogP contribution in [0.4, 0.5) is 4.79 Å². The van der Waals surface area contributed by atoms with E-state index in [-0.39, 0.29) is 24.2 Å². The van der Waals surface area contributed by atoms with Gasteiger partial charge >= 0.3 is 6.03 Å². The van der Waals surface area contributed by atoms with Crippen LogP contribution in [0.1, 0.15) is 49.4 Å². The highest BCUT2D eigenvalue weighted by atomic mass is 16.5. The van der Waals surface area contributed by atoms with E-state index in [4.69, 9.17) is 15.0 Å². The zero-order valence-electron chi connectivity index (χ0n) is 19.8. The molecule has 5 rings (SSSR count). The van der Waals surface area contributed by atoms with E-state index in [2.05, 4.69) is 21.5 Å². The lowest BCUT2D eigenvalue weighted by Gasteiger charge is -2.21. The number of hydrogen-bond donors (Lipinski definition) is 2. The first kappa shape index (κ1) is 22.9. The molecule has 2 aliphatic rings. The van der Waals surface area contributed by atoms with Gasteiger partial charge in [0, 0.05) is 30.3 Å². The van der Waals surface area contributed by atoms with Crippen molar-refractivity contribution in [3.63, 3.8) is 0 Å². The third kappa shape index (κ3) is 4.57. The Labute approximate surface area is 203 Å². The molecule has 1 fully saturated rings. The molecule has 3 N–H and O–H groups in total. The summed E-state index contributed by atoms with van der Waals surface area (Å²) in [6.45, 7) is 5.11. The summed E-state index contributed by atoms with van der Waals surface area (Å²) in [4.78, 5) is 19.1. The Hall–Kier alpha value is -3.90. The Bertz CT molecular complexity index is 1290. The second kappa shape index (κ2) is 9.39. The van der Waals surface area contributed by atoms with Crippen molar-refractivity contribution in [2.75, 3.05) is 13.1 Å². The number of nitrogens with two attached hydrogens (primary N) is 1. The summed E-state index contributed by atoms with van der Waals surface area (Å²) in [5, 5.41) is 16.9. The third-order valence-electron chi connectivity index (χ3n) is 6.46. The van der Waals surface area contributed by atoms with Gasteiger partial charge in [0.05, 0.1) is 17.7 Å².